The number of furan rings is 1. The molecule has 0 spiro atoms. The molecule has 3 aromatic heterocycles. The number of fused-ring (bicyclic) bond motifs is 2. The molecule has 0 amide bonds. The Morgan fingerprint density at radius 2 is 1.90 bits per heavy atom. The van der Waals surface area contributed by atoms with Crippen LogP contribution in [0.3, 0.4) is 0 Å². The lowest BCUT2D eigenvalue weighted by Crippen LogP contribution is -2.10. The van der Waals surface area contributed by atoms with Crippen molar-refractivity contribution in [2.45, 2.75) is 5.16 Å². The Balaban J connectivity index is 1.40. The minimum Gasteiger partial charge on any atom is -0.453 e. The Hall–Kier alpha value is -3.16. The van der Waals surface area contributed by atoms with E-state index in [-0.39, 0.29) is 17.1 Å². The number of carbonyl (C=O) groups is 1. The average molecular weight is 418 g/mol. The highest BCUT2D eigenvalue weighted by Crippen LogP contribution is 2.31. The largest absolute Gasteiger partial charge is 0.453 e. The van der Waals surface area contributed by atoms with Gasteiger partial charge in [0, 0.05) is 16.3 Å². The van der Waals surface area contributed by atoms with E-state index in [0.29, 0.717) is 26.7 Å². The summed E-state index contributed by atoms with van der Waals surface area (Å²) in [7, 11) is 0. The molecule has 0 aliphatic rings. The van der Waals surface area contributed by atoms with Crippen molar-refractivity contribution in [3.05, 3.63) is 82.2 Å². The fourth-order valence-electron chi connectivity index (χ4n) is 3.15. The van der Waals surface area contributed by atoms with Crippen LogP contribution in [-0.4, -0.2) is 21.5 Å². The zero-order valence-electron chi connectivity index (χ0n) is 15.0. The number of thiophene rings is 1. The van der Waals surface area contributed by atoms with Crippen molar-refractivity contribution < 1.29 is 9.21 Å². The maximum Gasteiger partial charge on any atom is 0.260 e. The summed E-state index contributed by atoms with van der Waals surface area (Å²) in [5, 5.41) is 3.83. The van der Waals surface area contributed by atoms with E-state index in [4.69, 9.17) is 4.42 Å². The van der Waals surface area contributed by atoms with Crippen LogP contribution in [0.2, 0.25) is 0 Å². The van der Waals surface area contributed by atoms with E-state index in [1.165, 1.54) is 23.1 Å². The molecular weight excluding hydrogens is 404 g/mol. The van der Waals surface area contributed by atoms with Gasteiger partial charge in [0.2, 0.25) is 5.78 Å². The van der Waals surface area contributed by atoms with Gasteiger partial charge in [-0.2, -0.15) is 0 Å². The van der Waals surface area contributed by atoms with Crippen LogP contribution >= 0.6 is 23.1 Å². The van der Waals surface area contributed by atoms with Crippen LogP contribution in [-0.2, 0) is 0 Å². The number of benzene rings is 2. The summed E-state index contributed by atoms with van der Waals surface area (Å²) in [4.78, 5) is 33.2. The fourth-order valence-corrected chi connectivity index (χ4v) is 4.89. The number of nitrogens with zero attached hydrogens (tertiary/aromatic N) is 1. The molecule has 0 unspecified atom stereocenters. The first-order valence-electron chi connectivity index (χ1n) is 8.90. The molecule has 0 bridgehead atoms. The van der Waals surface area contributed by atoms with Gasteiger partial charge >= 0.3 is 0 Å². The van der Waals surface area contributed by atoms with E-state index in [2.05, 4.69) is 9.97 Å². The number of carbonyl (C=O) groups excluding carboxylic acids is 1. The molecule has 1 N–H and O–H groups in total. The zero-order chi connectivity index (χ0) is 19.8. The minimum atomic E-state index is -0.200. The topological polar surface area (TPSA) is 76.0 Å². The third-order valence-corrected chi connectivity index (χ3v) is 6.29. The molecule has 0 radical (unpaired) electrons. The summed E-state index contributed by atoms with van der Waals surface area (Å²) in [5.41, 5.74) is 2.33. The van der Waals surface area contributed by atoms with Gasteiger partial charge in [-0.25, -0.2) is 4.98 Å². The predicted octanol–water partition coefficient (Wildman–Crippen LogP) is 5.37. The standard InChI is InChI=1S/C22H14N2O3S2/c25-16(18-10-14-8-4-5-9-17(14)27-18)12-29-22-23-20(26)19-15(11-28-21(19)24-22)13-6-2-1-3-7-13/h1-11H,12H2,(H,23,24,26). The van der Waals surface area contributed by atoms with Crippen molar-refractivity contribution in [1.29, 1.82) is 0 Å². The number of para-hydroxylation sites is 1. The summed E-state index contributed by atoms with van der Waals surface area (Å²) >= 11 is 2.62. The Morgan fingerprint density at radius 1 is 1.10 bits per heavy atom. The summed E-state index contributed by atoms with van der Waals surface area (Å²) < 4.78 is 5.61. The van der Waals surface area contributed by atoms with E-state index in [0.717, 1.165) is 16.5 Å². The maximum atomic E-state index is 12.7. The van der Waals surface area contributed by atoms with Gasteiger partial charge in [-0.05, 0) is 17.7 Å². The molecule has 0 aliphatic heterocycles. The van der Waals surface area contributed by atoms with Gasteiger partial charge in [-0.15, -0.1) is 11.3 Å². The van der Waals surface area contributed by atoms with Gasteiger partial charge in [0.15, 0.2) is 10.9 Å². The third kappa shape index (κ3) is 3.39. The number of aromatic nitrogens is 2. The van der Waals surface area contributed by atoms with E-state index < -0.39 is 0 Å². The third-order valence-electron chi connectivity index (χ3n) is 4.55. The summed E-state index contributed by atoms with van der Waals surface area (Å²) in [6.07, 6.45) is 0. The van der Waals surface area contributed by atoms with Crippen LogP contribution in [0.5, 0.6) is 0 Å². The van der Waals surface area contributed by atoms with Gasteiger partial charge < -0.3 is 9.40 Å². The average Bonchev–Trinajstić information content (AvgIpc) is 3.37. The van der Waals surface area contributed by atoms with Crippen molar-refractivity contribution in [2.24, 2.45) is 0 Å². The number of rotatable bonds is 5. The number of aromatic amines is 1. The molecule has 2 aromatic carbocycles. The second kappa shape index (κ2) is 7.35. The van der Waals surface area contributed by atoms with E-state index in [9.17, 15) is 9.59 Å². The molecule has 0 fully saturated rings. The molecule has 142 valence electrons. The van der Waals surface area contributed by atoms with Crippen molar-refractivity contribution in [3.63, 3.8) is 0 Å². The van der Waals surface area contributed by atoms with Crippen LogP contribution in [0.25, 0.3) is 32.3 Å². The Morgan fingerprint density at radius 3 is 2.72 bits per heavy atom. The summed E-state index contributed by atoms with van der Waals surface area (Å²) in [5.74, 6) is 0.292. The zero-order valence-corrected chi connectivity index (χ0v) is 16.7. The van der Waals surface area contributed by atoms with Crippen LogP contribution < -0.4 is 5.56 Å². The predicted molar refractivity (Wildman–Crippen MR) is 117 cm³/mol. The van der Waals surface area contributed by atoms with E-state index in [1.54, 1.807) is 6.07 Å². The number of H-pyrrole nitrogens is 1. The molecular formula is C22H14N2O3S2. The second-order valence-corrected chi connectivity index (χ2v) is 8.25. The number of thioether (sulfide) groups is 1. The van der Waals surface area contributed by atoms with E-state index >= 15 is 0 Å². The molecule has 7 heteroatoms. The lowest BCUT2D eigenvalue weighted by Gasteiger charge is -2.01. The number of hydrogen-bond donors (Lipinski definition) is 1. The molecule has 5 nitrogen and oxygen atoms in total. The van der Waals surface area contributed by atoms with Crippen molar-refractivity contribution in [3.8, 4) is 11.1 Å². The molecule has 3 heterocycles. The minimum absolute atomic E-state index is 0.130. The first kappa shape index (κ1) is 17.9. The maximum absolute atomic E-state index is 12.7. The lowest BCUT2D eigenvalue weighted by atomic mass is 10.1. The van der Waals surface area contributed by atoms with Gasteiger partial charge in [-0.3, -0.25) is 9.59 Å². The number of ketones is 1. The number of hydrogen-bond acceptors (Lipinski definition) is 6. The first-order chi connectivity index (χ1) is 14.2. The number of nitrogens with one attached hydrogen (secondary N) is 1. The molecule has 0 saturated heterocycles. The Bertz CT molecular complexity index is 1370. The quantitative estimate of drug-likeness (QED) is 0.236. The SMILES string of the molecule is O=C(CSc1nc2scc(-c3ccccc3)c2c(=O)[nH]1)c1cc2ccccc2o1. The molecule has 5 aromatic rings. The van der Waals surface area contributed by atoms with E-state index in [1.807, 2.05) is 60.0 Å². The van der Waals surface area contributed by atoms with Gasteiger partial charge in [0.1, 0.15) is 10.4 Å². The highest BCUT2D eigenvalue weighted by molar-refractivity contribution is 7.99. The monoisotopic (exact) mass is 418 g/mol. The smallest absolute Gasteiger partial charge is 0.260 e. The normalized spacial score (nSPS) is 11.3. The highest BCUT2D eigenvalue weighted by Gasteiger charge is 2.16. The molecule has 29 heavy (non-hydrogen) atoms. The molecule has 0 aliphatic carbocycles. The van der Waals surface area contributed by atoms with Crippen molar-refractivity contribution >= 4 is 50.1 Å². The Kier molecular flexibility index (Phi) is 4.54. The lowest BCUT2D eigenvalue weighted by molar-refractivity contribution is 0.0994. The highest BCUT2D eigenvalue weighted by atomic mass is 32.2. The molecule has 0 saturated carbocycles. The van der Waals surface area contributed by atoms with Gasteiger partial charge in [-0.1, -0.05) is 60.3 Å². The first-order valence-corrected chi connectivity index (χ1v) is 10.8. The van der Waals surface area contributed by atoms with Crippen LogP contribution in [0.1, 0.15) is 10.6 Å². The number of Topliss-reactive ketones (excluding diaryl/α,β-unsaturated/α-hetero) is 1. The van der Waals surface area contributed by atoms with Crippen LogP contribution in [0.4, 0.5) is 0 Å². The van der Waals surface area contributed by atoms with Crippen molar-refractivity contribution in [1.82, 2.24) is 9.97 Å². The summed E-state index contributed by atoms with van der Waals surface area (Å²) in [6.45, 7) is 0. The Labute approximate surface area is 173 Å². The van der Waals surface area contributed by atoms with Gasteiger partial charge in [0.05, 0.1) is 11.1 Å². The van der Waals surface area contributed by atoms with Crippen LogP contribution in [0.15, 0.2) is 80.4 Å². The van der Waals surface area contributed by atoms with Crippen LogP contribution in [0, 0.1) is 0 Å². The molecule has 0 atom stereocenters. The van der Waals surface area contributed by atoms with Crippen molar-refractivity contribution in [2.75, 3.05) is 5.75 Å². The summed E-state index contributed by atoms with van der Waals surface area (Å²) in [6, 6.07) is 19.0. The fraction of sp³-hybridized carbons (Fsp3) is 0.0455. The van der Waals surface area contributed by atoms with Gasteiger partial charge in [0.25, 0.3) is 5.56 Å². The second-order valence-electron chi connectivity index (χ2n) is 6.43. The molecule has 5 rings (SSSR count).